The number of anilines is 3. The molecule has 0 radical (unpaired) electrons. The number of halogens is 3. The standard InChI is InChI=1S/C30H29N5O5S.C2HF3O2/c1-35-16-21-15-23(6-10-26(21)41(38,39)24-7-8-24)34-30(37)40-17-18-3-2-4-20(13-18)27(29(35)36)33-22-5-9-25-19(14-22)11-12-32-28(25)31;3-2(4,5)1(6)7/h2-6,9-15,24,27,33H,7-8,16-17H2,1H3,(H2,31,32)(H,34,37);(H,6,7)/t27-;/m1./s1. The Morgan fingerprint density at radius 2 is 1.81 bits per heavy atom. The minimum absolute atomic E-state index is 0.0142. The van der Waals surface area contributed by atoms with E-state index in [0.29, 0.717) is 46.7 Å². The zero-order valence-electron chi connectivity index (χ0n) is 25.3. The SMILES string of the molecule is CN1Cc2cc(ccc2S(=O)(=O)C2CC2)NC(=O)OCc2cccc(c2)[C@@H](Nc2ccc3c(N)nccc3c2)C1=O.O=C(O)C(F)(F)F. The van der Waals surface area contributed by atoms with Gasteiger partial charge in [-0.3, -0.25) is 10.1 Å². The molecule has 48 heavy (non-hydrogen) atoms. The van der Waals surface area contributed by atoms with Crippen LogP contribution in [0.1, 0.15) is 35.6 Å². The van der Waals surface area contributed by atoms with E-state index in [9.17, 15) is 31.2 Å². The zero-order chi connectivity index (χ0) is 34.8. The van der Waals surface area contributed by atoms with Crippen LogP contribution in [0.2, 0.25) is 0 Å². The molecule has 16 heteroatoms. The molecule has 2 amide bonds. The third-order valence-electron chi connectivity index (χ3n) is 7.61. The van der Waals surface area contributed by atoms with Gasteiger partial charge in [-0.1, -0.05) is 18.2 Å². The molecule has 1 saturated carbocycles. The number of aliphatic carboxylic acids is 1. The number of nitrogens with one attached hydrogen (secondary N) is 2. The van der Waals surface area contributed by atoms with Crippen LogP contribution in [0.15, 0.2) is 77.8 Å². The summed E-state index contributed by atoms with van der Waals surface area (Å²) in [5.74, 6) is -2.61. The summed E-state index contributed by atoms with van der Waals surface area (Å²) in [4.78, 5) is 41.3. The highest BCUT2D eigenvalue weighted by Crippen LogP contribution is 2.36. The van der Waals surface area contributed by atoms with Gasteiger partial charge in [0.25, 0.3) is 0 Å². The Balaban J connectivity index is 0.000000582. The molecule has 2 aliphatic rings. The molecular weight excluding hydrogens is 655 g/mol. The zero-order valence-corrected chi connectivity index (χ0v) is 26.1. The number of rotatable bonds is 4. The quantitative estimate of drug-likeness (QED) is 0.221. The van der Waals surface area contributed by atoms with E-state index in [0.717, 1.165) is 10.8 Å². The molecule has 1 aliphatic carbocycles. The number of carboxylic acid groups (broad SMARTS) is 1. The third-order valence-corrected chi connectivity index (χ3v) is 9.97. The number of carboxylic acids is 1. The van der Waals surface area contributed by atoms with E-state index in [2.05, 4.69) is 15.6 Å². The van der Waals surface area contributed by atoms with Crippen LogP contribution in [0.25, 0.3) is 10.8 Å². The molecule has 0 spiro atoms. The van der Waals surface area contributed by atoms with Gasteiger partial charge in [-0.05, 0) is 83.4 Å². The second-order valence-corrected chi connectivity index (χ2v) is 13.4. The number of nitrogen functional groups attached to an aromatic ring is 1. The number of aromatic nitrogens is 1. The van der Waals surface area contributed by atoms with E-state index < -0.39 is 39.4 Å². The van der Waals surface area contributed by atoms with Crippen molar-refractivity contribution in [2.24, 2.45) is 0 Å². The molecular formula is C32H30F3N5O7S. The lowest BCUT2D eigenvalue weighted by molar-refractivity contribution is -0.192. The van der Waals surface area contributed by atoms with Gasteiger partial charge in [-0.25, -0.2) is 23.0 Å². The highest BCUT2D eigenvalue weighted by molar-refractivity contribution is 7.92. The van der Waals surface area contributed by atoms with Gasteiger partial charge in [0.1, 0.15) is 18.5 Å². The first-order valence-electron chi connectivity index (χ1n) is 14.5. The van der Waals surface area contributed by atoms with Gasteiger partial charge < -0.3 is 25.8 Å². The molecule has 2 heterocycles. The van der Waals surface area contributed by atoms with Crippen LogP contribution < -0.4 is 16.4 Å². The van der Waals surface area contributed by atoms with Gasteiger partial charge in [0, 0.05) is 36.6 Å². The van der Waals surface area contributed by atoms with E-state index in [1.165, 1.54) is 11.0 Å². The molecule has 0 unspecified atom stereocenters. The number of nitrogens with two attached hydrogens (primary N) is 1. The summed E-state index contributed by atoms with van der Waals surface area (Å²) in [6, 6.07) is 18.5. The van der Waals surface area contributed by atoms with E-state index in [1.54, 1.807) is 31.4 Å². The Labute approximate surface area is 272 Å². The summed E-state index contributed by atoms with van der Waals surface area (Å²) in [7, 11) is -1.93. The number of benzene rings is 3. The third kappa shape index (κ3) is 7.76. The smallest absolute Gasteiger partial charge is 0.475 e. The number of fused-ring (bicyclic) bond motifs is 5. The predicted octanol–water partition coefficient (Wildman–Crippen LogP) is 5.26. The summed E-state index contributed by atoms with van der Waals surface area (Å²) in [6.07, 6.45) is -2.90. The highest BCUT2D eigenvalue weighted by atomic mass is 32.2. The van der Waals surface area contributed by atoms with E-state index in [1.807, 2.05) is 42.5 Å². The number of ether oxygens (including phenoxy) is 1. The minimum Gasteiger partial charge on any atom is -0.475 e. The van der Waals surface area contributed by atoms with E-state index in [-0.39, 0.29) is 24.0 Å². The van der Waals surface area contributed by atoms with E-state index >= 15 is 0 Å². The fraction of sp³-hybridized carbons (Fsp3) is 0.250. The van der Waals surface area contributed by atoms with Crippen LogP contribution in [0.3, 0.4) is 0 Å². The molecule has 4 bridgehead atoms. The number of carbonyl (C=O) groups excluding carboxylic acids is 2. The molecule has 1 fully saturated rings. The van der Waals surface area contributed by atoms with Crippen molar-refractivity contribution < 1.29 is 45.8 Å². The first kappa shape index (κ1) is 34.0. The van der Waals surface area contributed by atoms with Crippen molar-refractivity contribution in [3.63, 3.8) is 0 Å². The Bertz CT molecular complexity index is 2000. The minimum atomic E-state index is -5.08. The molecule has 6 rings (SSSR count). The molecule has 1 aliphatic heterocycles. The van der Waals surface area contributed by atoms with Gasteiger partial charge in [0.2, 0.25) is 5.91 Å². The van der Waals surface area contributed by atoms with Crippen molar-refractivity contribution in [2.45, 2.75) is 48.4 Å². The molecule has 0 saturated heterocycles. The lowest BCUT2D eigenvalue weighted by Crippen LogP contribution is -2.35. The predicted molar refractivity (Wildman–Crippen MR) is 170 cm³/mol. The van der Waals surface area contributed by atoms with Crippen molar-refractivity contribution in [3.8, 4) is 0 Å². The van der Waals surface area contributed by atoms with E-state index in [4.69, 9.17) is 20.4 Å². The summed E-state index contributed by atoms with van der Waals surface area (Å²) in [6.45, 7) is 0.00214. The summed E-state index contributed by atoms with van der Waals surface area (Å²) < 4.78 is 63.7. The Kier molecular flexibility index (Phi) is 9.47. The number of likely N-dealkylation sites (N-methyl/N-ethyl adjacent to an activating group) is 1. The van der Waals surface area contributed by atoms with Crippen molar-refractivity contribution in [2.75, 3.05) is 23.4 Å². The molecule has 1 aromatic heterocycles. The average Bonchev–Trinajstić information content (AvgIpc) is 3.89. The summed E-state index contributed by atoms with van der Waals surface area (Å²) in [5.41, 5.74) is 8.88. The van der Waals surface area contributed by atoms with Crippen LogP contribution in [0, 0.1) is 0 Å². The van der Waals surface area contributed by atoms with Crippen molar-refractivity contribution in [1.82, 2.24) is 9.88 Å². The van der Waals surface area contributed by atoms with Crippen LogP contribution in [-0.2, 0) is 37.3 Å². The lowest BCUT2D eigenvalue weighted by atomic mass is 10.0. The Morgan fingerprint density at radius 3 is 2.50 bits per heavy atom. The summed E-state index contributed by atoms with van der Waals surface area (Å²) in [5, 5.41) is 14.4. The molecule has 12 nitrogen and oxygen atoms in total. The first-order valence-corrected chi connectivity index (χ1v) is 16.0. The number of alkyl halides is 3. The van der Waals surface area contributed by atoms with Crippen LogP contribution in [-0.4, -0.2) is 59.9 Å². The summed E-state index contributed by atoms with van der Waals surface area (Å²) >= 11 is 0. The molecule has 3 aromatic carbocycles. The molecule has 1 atom stereocenters. The maximum Gasteiger partial charge on any atom is 0.490 e. The number of amides is 2. The second-order valence-electron chi connectivity index (χ2n) is 11.2. The maximum absolute atomic E-state index is 14.1. The number of hydrogen-bond acceptors (Lipinski definition) is 9. The Morgan fingerprint density at radius 1 is 1.08 bits per heavy atom. The van der Waals surface area contributed by atoms with Crippen molar-refractivity contribution >= 4 is 55.8 Å². The molecule has 252 valence electrons. The Hall–Kier alpha value is -5.38. The van der Waals surface area contributed by atoms with Crippen molar-refractivity contribution in [1.29, 1.82) is 0 Å². The maximum atomic E-state index is 14.1. The highest BCUT2D eigenvalue weighted by Gasteiger charge is 2.39. The number of nitrogens with zero attached hydrogens (tertiary/aromatic N) is 2. The van der Waals surface area contributed by atoms with Gasteiger partial charge >= 0.3 is 18.2 Å². The fourth-order valence-corrected chi connectivity index (χ4v) is 6.94. The van der Waals surface area contributed by atoms with Gasteiger partial charge in [0.05, 0.1) is 10.1 Å². The van der Waals surface area contributed by atoms with Crippen LogP contribution >= 0.6 is 0 Å². The number of cyclic esters (lactones) is 1. The number of hydrogen-bond donors (Lipinski definition) is 4. The van der Waals surface area contributed by atoms with Gasteiger partial charge in [0.15, 0.2) is 9.84 Å². The fourth-order valence-electron chi connectivity index (χ4n) is 5.08. The second kappa shape index (κ2) is 13.4. The van der Waals surface area contributed by atoms with Crippen molar-refractivity contribution in [3.05, 3.63) is 89.6 Å². The number of pyridine rings is 1. The van der Waals surface area contributed by atoms with Crippen LogP contribution in [0.4, 0.5) is 35.2 Å². The largest absolute Gasteiger partial charge is 0.490 e. The van der Waals surface area contributed by atoms with Gasteiger partial charge in [-0.2, -0.15) is 13.2 Å². The molecule has 5 N–H and O–H groups in total. The average molecular weight is 686 g/mol. The van der Waals surface area contributed by atoms with Crippen LogP contribution in [0.5, 0.6) is 0 Å². The monoisotopic (exact) mass is 685 g/mol. The first-order chi connectivity index (χ1) is 22.6. The lowest BCUT2D eigenvalue weighted by Gasteiger charge is -2.27. The number of sulfone groups is 1. The number of carbonyl (C=O) groups is 3. The molecule has 4 aromatic rings. The normalized spacial score (nSPS) is 16.9. The topological polar surface area (TPSA) is 181 Å². The van der Waals surface area contributed by atoms with Gasteiger partial charge in [-0.15, -0.1) is 0 Å².